The van der Waals surface area contributed by atoms with E-state index >= 15 is 0 Å². The molecule has 1 aromatic carbocycles. The number of rotatable bonds is 4. The van der Waals surface area contributed by atoms with Gasteiger partial charge >= 0.3 is 0 Å². The van der Waals surface area contributed by atoms with Crippen LogP contribution in [0.4, 0.5) is 5.69 Å². The summed E-state index contributed by atoms with van der Waals surface area (Å²) in [5.74, 6) is 0. The van der Waals surface area contributed by atoms with Crippen molar-refractivity contribution in [2.24, 2.45) is 16.0 Å². The predicted octanol–water partition coefficient (Wildman–Crippen LogP) is 2.34. The molecule has 0 fully saturated rings. The minimum absolute atomic E-state index is 0.0275. The van der Waals surface area contributed by atoms with Crippen LogP contribution in [0.15, 0.2) is 64.9 Å². The van der Waals surface area contributed by atoms with E-state index in [2.05, 4.69) is 10.2 Å². The molecule has 94 valence electrons. The van der Waals surface area contributed by atoms with Crippen molar-refractivity contribution in [3.63, 3.8) is 0 Å². The molecule has 3 N–H and O–H groups in total. The van der Waals surface area contributed by atoms with Gasteiger partial charge in [-0.25, -0.2) is 0 Å². The third-order valence-corrected chi connectivity index (χ3v) is 3.01. The highest BCUT2D eigenvalue weighted by Crippen LogP contribution is 2.27. The Balaban J connectivity index is 2.24. The summed E-state index contributed by atoms with van der Waals surface area (Å²) >= 11 is 0. The zero-order valence-electron chi connectivity index (χ0n) is 10.1. The smallest absolute Gasteiger partial charge is 0.121 e. The van der Waals surface area contributed by atoms with Crippen molar-refractivity contribution in [2.45, 2.75) is 18.0 Å². The normalized spacial score (nSPS) is 26.9. The van der Waals surface area contributed by atoms with E-state index in [1.165, 1.54) is 0 Å². The lowest BCUT2D eigenvalue weighted by molar-refractivity contribution is 0.247. The third-order valence-electron chi connectivity index (χ3n) is 3.01. The fourth-order valence-electron chi connectivity index (χ4n) is 1.91. The Morgan fingerprint density at radius 2 is 2.00 bits per heavy atom. The highest BCUT2D eigenvalue weighted by Gasteiger charge is 2.33. The summed E-state index contributed by atoms with van der Waals surface area (Å²) in [5.41, 5.74) is 6.20. The highest BCUT2D eigenvalue weighted by atomic mass is 16.3. The van der Waals surface area contributed by atoms with E-state index in [1.54, 1.807) is 0 Å². The summed E-state index contributed by atoms with van der Waals surface area (Å²) < 4.78 is 0. The Kier molecular flexibility index (Phi) is 4.02. The van der Waals surface area contributed by atoms with Crippen molar-refractivity contribution in [3.8, 4) is 0 Å². The molecule has 0 heterocycles. The topological polar surface area (TPSA) is 71.0 Å². The molecule has 1 aliphatic carbocycles. The SMILES string of the molecule is NC1C=CC=CC1(CCO)N=Nc1ccccc1. The number of azo groups is 1. The summed E-state index contributed by atoms with van der Waals surface area (Å²) in [6.45, 7) is 0.0275. The molecule has 0 radical (unpaired) electrons. The molecule has 1 aliphatic rings. The molecule has 0 saturated carbocycles. The molecule has 4 heteroatoms. The Labute approximate surface area is 107 Å². The van der Waals surface area contributed by atoms with Crippen molar-refractivity contribution < 1.29 is 5.11 Å². The van der Waals surface area contributed by atoms with Gasteiger partial charge in [-0.2, -0.15) is 10.2 Å². The van der Waals surface area contributed by atoms with Crippen LogP contribution >= 0.6 is 0 Å². The molecule has 0 bridgehead atoms. The van der Waals surface area contributed by atoms with E-state index in [0.29, 0.717) is 6.42 Å². The average Bonchev–Trinajstić information content (AvgIpc) is 2.41. The third kappa shape index (κ3) is 2.72. The van der Waals surface area contributed by atoms with E-state index in [4.69, 9.17) is 5.73 Å². The quantitative estimate of drug-likeness (QED) is 0.797. The van der Waals surface area contributed by atoms with Gasteiger partial charge in [-0.1, -0.05) is 42.5 Å². The molecule has 0 saturated heterocycles. The van der Waals surface area contributed by atoms with E-state index in [-0.39, 0.29) is 12.6 Å². The first-order valence-electron chi connectivity index (χ1n) is 5.97. The van der Waals surface area contributed by atoms with Gasteiger partial charge in [0.2, 0.25) is 0 Å². The summed E-state index contributed by atoms with van der Waals surface area (Å²) in [6.07, 6.45) is 8.02. The van der Waals surface area contributed by atoms with Crippen molar-refractivity contribution >= 4 is 5.69 Å². The maximum atomic E-state index is 9.18. The second kappa shape index (κ2) is 5.71. The molecule has 2 atom stereocenters. The van der Waals surface area contributed by atoms with Crippen LogP contribution in [-0.4, -0.2) is 23.3 Å². The molecule has 4 nitrogen and oxygen atoms in total. The van der Waals surface area contributed by atoms with Gasteiger partial charge in [-0.15, -0.1) is 0 Å². The number of nitrogens with zero attached hydrogens (tertiary/aromatic N) is 2. The lowest BCUT2D eigenvalue weighted by atomic mass is 9.85. The lowest BCUT2D eigenvalue weighted by Crippen LogP contribution is -2.45. The van der Waals surface area contributed by atoms with E-state index < -0.39 is 5.54 Å². The largest absolute Gasteiger partial charge is 0.396 e. The highest BCUT2D eigenvalue weighted by molar-refractivity contribution is 5.35. The molecule has 0 amide bonds. The number of aliphatic hydroxyl groups excluding tert-OH is 1. The van der Waals surface area contributed by atoms with E-state index in [0.717, 1.165) is 5.69 Å². The van der Waals surface area contributed by atoms with Crippen LogP contribution in [0.2, 0.25) is 0 Å². The fraction of sp³-hybridized carbons (Fsp3) is 0.286. The average molecular weight is 243 g/mol. The number of hydrogen-bond donors (Lipinski definition) is 2. The molecular formula is C14H17N3O. The van der Waals surface area contributed by atoms with Gasteiger partial charge in [0.15, 0.2) is 0 Å². The van der Waals surface area contributed by atoms with Crippen LogP contribution in [0.25, 0.3) is 0 Å². The zero-order chi connectivity index (χ0) is 12.8. The molecule has 18 heavy (non-hydrogen) atoms. The van der Waals surface area contributed by atoms with Crippen molar-refractivity contribution in [1.29, 1.82) is 0 Å². The Morgan fingerprint density at radius 1 is 1.22 bits per heavy atom. The maximum Gasteiger partial charge on any atom is 0.121 e. The van der Waals surface area contributed by atoms with Gasteiger partial charge < -0.3 is 10.8 Å². The minimum Gasteiger partial charge on any atom is -0.396 e. The number of benzene rings is 1. The van der Waals surface area contributed by atoms with Gasteiger partial charge in [-0.05, 0) is 12.1 Å². The summed E-state index contributed by atoms with van der Waals surface area (Å²) in [6, 6.07) is 9.24. The molecule has 0 aromatic heterocycles. The van der Waals surface area contributed by atoms with Crippen LogP contribution in [0, 0.1) is 0 Å². The Morgan fingerprint density at radius 3 is 2.67 bits per heavy atom. The first kappa shape index (κ1) is 12.7. The molecular weight excluding hydrogens is 226 g/mol. The number of hydrogen-bond acceptors (Lipinski definition) is 4. The summed E-state index contributed by atoms with van der Waals surface area (Å²) in [7, 11) is 0. The van der Waals surface area contributed by atoms with Gasteiger partial charge in [-0.3, -0.25) is 0 Å². The van der Waals surface area contributed by atoms with Crippen LogP contribution in [0.5, 0.6) is 0 Å². The van der Waals surface area contributed by atoms with Crippen molar-refractivity contribution in [2.75, 3.05) is 6.61 Å². The summed E-state index contributed by atoms with van der Waals surface area (Å²) in [5, 5.41) is 17.8. The Hall–Kier alpha value is -1.78. The molecule has 2 unspecified atom stereocenters. The molecule has 0 aliphatic heterocycles. The van der Waals surface area contributed by atoms with Crippen LogP contribution in [0.1, 0.15) is 6.42 Å². The standard InChI is InChI=1S/C14H17N3O/c15-13-8-4-5-9-14(13,10-11-18)17-16-12-6-2-1-3-7-12/h1-9,13,18H,10-11,15H2. The Bertz CT molecular complexity index is 467. The monoisotopic (exact) mass is 243 g/mol. The van der Waals surface area contributed by atoms with E-state index in [9.17, 15) is 5.11 Å². The number of allylic oxidation sites excluding steroid dienone is 2. The van der Waals surface area contributed by atoms with Crippen molar-refractivity contribution in [3.05, 3.63) is 54.6 Å². The van der Waals surface area contributed by atoms with Gasteiger partial charge in [0.05, 0.1) is 11.7 Å². The molecule has 0 spiro atoms. The minimum atomic E-state index is -0.640. The molecule has 2 rings (SSSR count). The van der Waals surface area contributed by atoms with Gasteiger partial charge in [0.1, 0.15) is 5.54 Å². The second-order valence-corrected chi connectivity index (χ2v) is 4.27. The van der Waals surface area contributed by atoms with Crippen LogP contribution in [-0.2, 0) is 0 Å². The van der Waals surface area contributed by atoms with Crippen LogP contribution in [0.3, 0.4) is 0 Å². The first-order valence-corrected chi connectivity index (χ1v) is 5.97. The van der Waals surface area contributed by atoms with Gasteiger partial charge in [0.25, 0.3) is 0 Å². The maximum absolute atomic E-state index is 9.18. The number of nitrogens with two attached hydrogens (primary N) is 1. The fourth-order valence-corrected chi connectivity index (χ4v) is 1.91. The lowest BCUT2D eigenvalue weighted by Gasteiger charge is -2.30. The van der Waals surface area contributed by atoms with Crippen molar-refractivity contribution in [1.82, 2.24) is 0 Å². The zero-order valence-corrected chi connectivity index (χ0v) is 10.1. The van der Waals surface area contributed by atoms with E-state index in [1.807, 2.05) is 54.6 Å². The first-order chi connectivity index (χ1) is 8.77. The number of aliphatic hydroxyl groups is 1. The predicted molar refractivity (Wildman–Crippen MR) is 71.6 cm³/mol. The van der Waals surface area contributed by atoms with Crippen LogP contribution < -0.4 is 5.73 Å². The summed E-state index contributed by atoms with van der Waals surface area (Å²) in [4.78, 5) is 0. The van der Waals surface area contributed by atoms with Gasteiger partial charge in [0, 0.05) is 13.0 Å². The molecule has 1 aromatic rings. The second-order valence-electron chi connectivity index (χ2n) is 4.27.